The van der Waals surface area contributed by atoms with Crippen LogP contribution in [0.2, 0.25) is 0 Å². The largest absolute Gasteiger partial charge is 0.452 e. The maximum Gasteiger partial charge on any atom is 0.339 e. The van der Waals surface area contributed by atoms with Crippen LogP contribution in [-0.2, 0) is 9.53 Å². The number of pyridine rings is 1. The van der Waals surface area contributed by atoms with Crippen LogP contribution in [0, 0.1) is 6.92 Å². The van der Waals surface area contributed by atoms with Gasteiger partial charge in [-0.1, -0.05) is 36.4 Å². The van der Waals surface area contributed by atoms with E-state index in [1.807, 2.05) is 75.4 Å². The maximum absolute atomic E-state index is 12.7. The monoisotopic (exact) mass is 362 g/mol. The van der Waals surface area contributed by atoms with Crippen LogP contribution in [0.5, 0.6) is 0 Å². The summed E-state index contributed by atoms with van der Waals surface area (Å²) in [4.78, 5) is 31.4. The van der Waals surface area contributed by atoms with Crippen LogP contribution >= 0.6 is 0 Å². The average molecular weight is 362 g/mol. The summed E-state index contributed by atoms with van der Waals surface area (Å²) in [6, 6.07) is 18.4. The number of carbonyl (C=O) groups is 2. The molecule has 0 radical (unpaired) electrons. The number of aromatic nitrogens is 1. The number of anilines is 1. The molecule has 0 bridgehead atoms. The Kier molecular flexibility index (Phi) is 5.50. The molecule has 0 saturated heterocycles. The van der Waals surface area contributed by atoms with Gasteiger partial charge in [-0.25, -0.2) is 4.79 Å². The van der Waals surface area contributed by atoms with Crippen LogP contribution in [0.15, 0.2) is 60.7 Å². The molecule has 0 aliphatic heterocycles. The lowest BCUT2D eigenvalue weighted by Gasteiger charge is -2.26. The molecule has 1 aromatic heterocycles. The highest BCUT2D eigenvalue weighted by atomic mass is 16.5. The predicted octanol–water partition coefficient (Wildman–Crippen LogP) is 4.14. The molecule has 0 saturated carbocycles. The molecule has 5 heteroatoms. The number of benzene rings is 2. The molecule has 0 fully saturated rings. The third kappa shape index (κ3) is 4.14. The van der Waals surface area contributed by atoms with Crippen LogP contribution in [-0.4, -0.2) is 29.5 Å². The Morgan fingerprint density at radius 1 is 1.04 bits per heavy atom. The van der Waals surface area contributed by atoms with Crippen LogP contribution < -0.4 is 4.90 Å². The van der Waals surface area contributed by atoms with Gasteiger partial charge in [0.05, 0.1) is 11.1 Å². The van der Waals surface area contributed by atoms with Gasteiger partial charge in [0, 0.05) is 22.8 Å². The van der Waals surface area contributed by atoms with Crippen molar-refractivity contribution in [3.05, 3.63) is 71.9 Å². The average Bonchev–Trinajstić information content (AvgIpc) is 2.66. The summed E-state index contributed by atoms with van der Waals surface area (Å²) >= 11 is 0. The van der Waals surface area contributed by atoms with E-state index >= 15 is 0 Å². The van der Waals surface area contributed by atoms with E-state index in [0.717, 1.165) is 16.9 Å². The van der Waals surface area contributed by atoms with E-state index in [-0.39, 0.29) is 18.6 Å². The Balaban J connectivity index is 1.78. The third-order valence-corrected chi connectivity index (χ3v) is 4.21. The minimum absolute atomic E-state index is 0.0531. The fourth-order valence-corrected chi connectivity index (χ4v) is 3.07. The van der Waals surface area contributed by atoms with Gasteiger partial charge in [0.15, 0.2) is 6.61 Å². The van der Waals surface area contributed by atoms with Crippen molar-refractivity contribution in [2.45, 2.75) is 26.8 Å². The van der Waals surface area contributed by atoms with Crippen molar-refractivity contribution in [2.75, 3.05) is 11.5 Å². The number of para-hydroxylation sites is 2. The first kappa shape index (κ1) is 18.6. The number of esters is 1. The summed E-state index contributed by atoms with van der Waals surface area (Å²) in [5.41, 5.74) is 2.64. The second kappa shape index (κ2) is 7.99. The number of aryl methyl sites for hydroxylation is 1. The molecule has 0 spiro atoms. The molecule has 27 heavy (non-hydrogen) atoms. The van der Waals surface area contributed by atoms with Gasteiger partial charge in [-0.2, -0.15) is 0 Å². The molecule has 2 aromatic carbocycles. The van der Waals surface area contributed by atoms with Crippen molar-refractivity contribution in [1.82, 2.24) is 4.98 Å². The van der Waals surface area contributed by atoms with E-state index in [1.165, 1.54) is 0 Å². The Labute approximate surface area is 158 Å². The lowest BCUT2D eigenvalue weighted by atomic mass is 10.1. The van der Waals surface area contributed by atoms with Gasteiger partial charge in [0.1, 0.15) is 0 Å². The van der Waals surface area contributed by atoms with E-state index in [4.69, 9.17) is 4.74 Å². The fraction of sp³-hybridized carbons (Fsp3) is 0.227. The SMILES string of the molecule is Cc1cc(C(=O)OCC(=O)N(c2ccccc2)C(C)C)c2ccccc2n1. The molecular weight excluding hydrogens is 340 g/mol. The lowest BCUT2D eigenvalue weighted by molar-refractivity contribution is -0.122. The first-order valence-electron chi connectivity index (χ1n) is 8.88. The Morgan fingerprint density at radius 2 is 1.70 bits per heavy atom. The van der Waals surface area contributed by atoms with Crippen LogP contribution in [0.4, 0.5) is 5.69 Å². The summed E-state index contributed by atoms with van der Waals surface area (Å²) in [6.45, 7) is 5.35. The molecule has 3 rings (SSSR count). The quantitative estimate of drug-likeness (QED) is 0.640. The van der Waals surface area contributed by atoms with E-state index in [1.54, 1.807) is 11.0 Å². The van der Waals surface area contributed by atoms with Gasteiger partial charge in [-0.3, -0.25) is 9.78 Å². The topological polar surface area (TPSA) is 59.5 Å². The summed E-state index contributed by atoms with van der Waals surface area (Å²) in [5, 5.41) is 0.712. The van der Waals surface area contributed by atoms with Gasteiger partial charge in [-0.15, -0.1) is 0 Å². The van der Waals surface area contributed by atoms with Crippen molar-refractivity contribution in [3.63, 3.8) is 0 Å². The number of amides is 1. The summed E-state index contributed by atoms with van der Waals surface area (Å²) in [5.74, 6) is -0.790. The van der Waals surface area contributed by atoms with E-state index < -0.39 is 5.97 Å². The molecule has 0 aliphatic rings. The first-order valence-corrected chi connectivity index (χ1v) is 8.88. The molecule has 0 aliphatic carbocycles. The van der Waals surface area contributed by atoms with Crippen LogP contribution in [0.25, 0.3) is 10.9 Å². The number of ether oxygens (including phenoxy) is 1. The van der Waals surface area contributed by atoms with Gasteiger partial charge in [0.25, 0.3) is 5.91 Å². The van der Waals surface area contributed by atoms with E-state index in [9.17, 15) is 9.59 Å². The number of nitrogens with zero attached hydrogens (tertiary/aromatic N) is 2. The molecule has 0 unspecified atom stereocenters. The van der Waals surface area contributed by atoms with Gasteiger partial charge >= 0.3 is 5.97 Å². The second-order valence-corrected chi connectivity index (χ2v) is 6.60. The standard InChI is InChI=1S/C22H22N2O3/c1-15(2)24(17-9-5-4-6-10-17)21(25)14-27-22(26)19-13-16(3)23-20-12-8-7-11-18(19)20/h4-13,15H,14H2,1-3H3. The summed E-state index contributed by atoms with van der Waals surface area (Å²) in [7, 11) is 0. The highest BCUT2D eigenvalue weighted by Gasteiger charge is 2.21. The number of hydrogen-bond donors (Lipinski definition) is 0. The smallest absolute Gasteiger partial charge is 0.339 e. The summed E-state index contributed by atoms with van der Waals surface area (Å²) < 4.78 is 5.35. The maximum atomic E-state index is 12.7. The van der Waals surface area contributed by atoms with Crippen molar-refractivity contribution in [3.8, 4) is 0 Å². The van der Waals surface area contributed by atoms with Gasteiger partial charge in [0.2, 0.25) is 0 Å². The molecule has 1 heterocycles. The molecule has 3 aromatic rings. The third-order valence-electron chi connectivity index (χ3n) is 4.21. The number of rotatable bonds is 5. The number of hydrogen-bond acceptors (Lipinski definition) is 4. The predicted molar refractivity (Wildman–Crippen MR) is 106 cm³/mol. The van der Waals surface area contributed by atoms with E-state index in [2.05, 4.69) is 4.98 Å². The molecule has 5 nitrogen and oxygen atoms in total. The van der Waals surface area contributed by atoms with Crippen LogP contribution in [0.1, 0.15) is 29.9 Å². The fourth-order valence-electron chi connectivity index (χ4n) is 3.07. The zero-order chi connectivity index (χ0) is 19.4. The van der Waals surface area contributed by atoms with Crippen molar-refractivity contribution in [2.24, 2.45) is 0 Å². The minimum Gasteiger partial charge on any atom is -0.452 e. The zero-order valence-corrected chi connectivity index (χ0v) is 15.7. The molecule has 1 amide bonds. The minimum atomic E-state index is -0.526. The Hall–Kier alpha value is -3.21. The lowest BCUT2D eigenvalue weighted by Crippen LogP contribution is -2.39. The number of carbonyl (C=O) groups excluding carboxylic acids is 2. The van der Waals surface area contributed by atoms with E-state index in [0.29, 0.717) is 10.9 Å². The molecule has 0 atom stereocenters. The van der Waals surface area contributed by atoms with Crippen molar-refractivity contribution in [1.29, 1.82) is 0 Å². The first-order chi connectivity index (χ1) is 13.0. The molecule has 138 valence electrons. The second-order valence-electron chi connectivity index (χ2n) is 6.60. The van der Waals surface area contributed by atoms with Crippen molar-refractivity contribution < 1.29 is 14.3 Å². The number of fused-ring (bicyclic) bond motifs is 1. The van der Waals surface area contributed by atoms with Gasteiger partial charge in [-0.05, 0) is 45.0 Å². The molecular formula is C22H22N2O3. The summed E-state index contributed by atoms with van der Waals surface area (Å²) in [6.07, 6.45) is 0. The highest BCUT2D eigenvalue weighted by molar-refractivity contribution is 6.04. The van der Waals surface area contributed by atoms with Gasteiger partial charge < -0.3 is 9.64 Å². The Bertz CT molecular complexity index is 968. The normalized spacial score (nSPS) is 10.8. The molecule has 0 N–H and O–H groups in total. The van der Waals surface area contributed by atoms with Crippen molar-refractivity contribution >= 4 is 28.5 Å². The van der Waals surface area contributed by atoms with Crippen LogP contribution in [0.3, 0.4) is 0 Å². The zero-order valence-electron chi connectivity index (χ0n) is 15.7. The highest BCUT2D eigenvalue weighted by Crippen LogP contribution is 2.20. The Morgan fingerprint density at radius 3 is 2.41 bits per heavy atom.